The number of rotatable bonds is 2. The van der Waals surface area contributed by atoms with Gasteiger partial charge in [-0.25, -0.2) is 0 Å². The van der Waals surface area contributed by atoms with Crippen LogP contribution < -0.4 is 0 Å². The normalized spacial score (nSPS) is 12.7. The predicted octanol–water partition coefficient (Wildman–Crippen LogP) is 10.5. The lowest BCUT2D eigenvalue weighted by molar-refractivity contribution is 0.590. The van der Waals surface area contributed by atoms with Crippen LogP contribution in [0.2, 0.25) is 0 Å². The van der Waals surface area contributed by atoms with E-state index >= 15 is 0 Å². The molecule has 36 heavy (non-hydrogen) atoms. The van der Waals surface area contributed by atoms with E-state index in [1.807, 2.05) is 0 Å². The highest BCUT2D eigenvalue weighted by atomic mass is 14.2. The molecule has 0 heterocycles. The second kappa shape index (κ2) is 7.93. The molecule has 0 nitrogen and oxygen atoms in total. The Morgan fingerprint density at radius 1 is 0.333 bits per heavy atom. The van der Waals surface area contributed by atoms with Gasteiger partial charge in [0.25, 0.3) is 0 Å². The molecule has 0 N–H and O–H groups in total. The molecule has 0 atom stereocenters. The summed E-state index contributed by atoms with van der Waals surface area (Å²) in [7, 11) is 0. The average molecular weight is 467 g/mol. The van der Waals surface area contributed by atoms with E-state index in [2.05, 4.69) is 139 Å². The molecule has 6 rings (SSSR count). The smallest absolute Gasteiger partial charge is 0.00264 e. The third-order valence-corrected chi connectivity index (χ3v) is 7.70. The SMILES string of the molecule is CC(C)(C)c1ccc(-c2cc3ccc4cc(-c5ccc(C(C)(C)C)cc5)cc5ccc(c2)c3c45)cc1. The summed E-state index contributed by atoms with van der Waals surface area (Å²) >= 11 is 0. The fourth-order valence-electron chi connectivity index (χ4n) is 5.50. The van der Waals surface area contributed by atoms with E-state index in [9.17, 15) is 0 Å². The van der Waals surface area contributed by atoms with Gasteiger partial charge in [-0.1, -0.05) is 114 Å². The molecule has 178 valence electrons. The lowest BCUT2D eigenvalue weighted by Crippen LogP contribution is -2.10. The molecular formula is C36H34. The Morgan fingerprint density at radius 2 is 0.611 bits per heavy atom. The van der Waals surface area contributed by atoms with Crippen molar-refractivity contribution in [1.82, 2.24) is 0 Å². The van der Waals surface area contributed by atoms with E-state index in [0.717, 1.165) is 0 Å². The third-order valence-electron chi connectivity index (χ3n) is 7.70. The third kappa shape index (κ3) is 3.86. The molecular weight excluding hydrogens is 432 g/mol. The first-order valence-electron chi connectivity index (χ1n) is 13.0. The van der Waals surface area contributed by atoms with Crippen LogP contribution in [0, 0.1) is 0 Å². The fourth-order valence-corrected chi connectivity index (χ4v) is 5.50. The van der Waals surface area contributed by atoms with Gasteiger partial charge in [0, 0.05) is 0 Å². The highest BCUT2D eigenvalue weighted by molar-refractivity contribution is 6.24. The second-order valence-electron chi connectivity index (χ2n) is 12.4. The lowest BCUT2D eigenvalue weighted by atomic mass is 9.85. The minimum absolute atomic E-state index is 0.166. The molecule has 0 bridgehead atoms. The molecule has 0 unspecified atom stereocenters. The van der Waals surface area contributed by atoms with E-state index in [1.165, 1.54) is 65.7 Å². The molecule has 0 aromatic heterocycles. The van der Waals surface area contributed by atoms with Gasteiger partial charge in [-0.3, -0.25) is 0 Å². The number of hydrogen-bond acceptors (Lipinski definition) is 0. The van der Waals surface area contributed by atoms with Crippen LogP contribution >= 0.6 is 0 Å². The van der Waals surface area contributed by atoms with Gasteiger partial charge in [0.05, 0.1) is 0 Å². The molecule has 0 spiro atoms. The summed E-state index contributed by atoms with van der Waals surface area (Å²) < 4.78 is 0. The van der Waals surface area contributed by atoms with Crippen LogP contribution in [0.4, 0.5) is 0 Å². The van der Waals surface area contributed by atoms with Crippen molar-refractivity contribution >= 4 is 32.3 Å². The van der Waals surface area contributed by atoms with Gasteiger partial charge in [-0.2, -0.15) is 0 Å². The number of hydrogen-bond donors (Lipinski definition) is 0. The van der Waals surface area contributed by atoms with Gasteiger partial charge in [0.1, 0.15) is 0 Å². The summed E-state index contributed by atoms with van der Waals surface area (Å²) in [6.07, 6.45) is 0. The molecule has 0 heteroatoms. The number of benzene rings is 6. The van der Waals surface area contributed by atoms with E-state index in [4.69, 9.17) is 0 Å². The zero-order valence-electron chi connectivity index (χ0n) is 22.2. The maximum atomic E-state index is 2.35. The zero-order chi connectivity index (χ0) is 25.2. The predicted molar refractivity (Wildman–Crippen MR) is 158 cm³/mol. The Balaban J connectivity index is 1.46. The van der Waals surface area contributed by atoms with Gasteiger partial charge in [-0.15, -0.1) is 0 Å². The molecule has 0 aliphatic rings. The van der Waals surface area contributed by atoms with E-state index in [-0.39, 0.29) is 10.8 Å². The molecule has 0 radical (unpaired) electrons. The van der Waals surface area contributed by atoms with Crippen molar-refractivity contribution in [2.75, 3.05) is 0 Å². The summed E-state index contributed by atoms with van der Waals surface area (Å²) in [5, 5.41) is 7.97. The lowest BCUT2D eigenvalue weighted by Gasteiger charge is -2.20. The van der Waals surface area contributed by atoms with Crippen LogP contribution in [0.1, 0.15) is 52.7 Å². The van der Waals surface area contributed by atoms with Crippen LogP contribution in [0.3, 0.4) is 0 Å². The first-order valence-corrected chi connectivity index (χ1v) is 13.0. The minimum atomic E-state index is 0.166. The maximum absolute atomic E-state index is 2.35. The van der Waals surface area contributed by atoms with Gasteiger partial charge >= 0.3 is 0 Å². The van der Waals surface area contributed by atoms with E-state index < -0.39 is 0 Å². The van der Waals surface area contributed by atoms with Gasteiger partial charge in [-0.05, 0) is 101 Å². The quantitative estimate of drug-likeness (QED) is 0.223. The minimum Gasteiger partial charge on any atom is -0.0579 e. The van der Waals surface area contributed by atoms with E-state index in [1.54, 1.807) is 0 Å². The van der Waals surface area contributed by atoms with Crippen molar-refractivity contribution in [3.05, 3.63) is 108 Å². The van der Waals surface area contributed by atoms with Crippen molar-refractivity contribution in [2.24, 2.45) is 0 Å². The second-order valence-corrected chi connectivity index (χ2v) is 12.4. The van der Waals surface area contributed by atoms with Crippen LogP contribution in [0.5, 0.6) is 0 Å². The maximum Gasteiger partial charge on any atom is -0.00264 e. The van der Waals surface area contributed by atoms with Gasteiger partial charge < -0.3 is 0 Å². The average Bonchev–Trinajstić information content (AvgIpc) is 2.86. The van der Waals surface area contributed by atoms with Crippen molar-refractivity contribution in [2.45, 2.75) is 52.4 Å². The summed E-state index contributed by atoms with van der Waals surface area (Å²) in [6.45, 7) is 13.6. The van der Waals surface area contributed by atoms with Crippen LogP contribution in [-0.4, -0.2) is 0 Å². The highest BCUT2D eigenvalue weighted by Gasteiger charge is 2.16. The summed E-state index contributed by atoms with van der Waals surface area (Å²) in [4.78, 5) is 0. The Morgan fingerprint density at radius 3 is 0.861 bits per heavy atom. The van der Waals surface area contributed by atoms with Crippen molar-refractivity contribution < 1.29 is 0 Å². The molecule has 0 amide bonds. The molecule has 0 fully saturated rings. The Hall–Kier alpha value is -3.64. The first kappa shape index (κ1) is 22.8. The van der Waals surface area contributed by atoms with Crippen LogP contribution in [-0.2, 0) is 10.8 Å². The summed E-state index contributed by atoms with van der Waals surface area (Å²) in [5.41, 5.74) is 8.17. The summed E-state index contributed by atoms with van der Waals surface area (Å²) in [5.74, 6) is 0. The van der Waals surface area contributed by atoms with Gasteiger partial charge in [0.2, 0.25) is 0 Å². The molecule has 6 aromatic rings. The molecule has 0 aliphatic heterocycles. The highest BCUT2D eigenvalue weighted by Crippen LogP contribution is 2.40. The topological polar surface area (TPSA) is 0 Å². The molecule has 0 aliphatic carbocycles. The first-order chi connectivity index (χ1) is 17.1. The Kier molecular flexibility index (Phi) is 5.02. The monoisotopic (exact) mass is 466 g/mol. The van der Waals surface area contributed by atoms with Gasteiger partial charge in [0.15, 0.2) is 0 Å². The fraction of sp³-hybridized carbons (Fsp3) is 0.222. The van der Waals surface area contributed by atoms with Crippen LogP contribution in [0.15, 0.2) is 97.1 Å². The van der Waals surface area contributed by atoms with Crippen molar-refractivity contribution in [3.8, 4) is 22.3 Å². The van der Waals surface area contributed by atoms with Crippen LogP contribution in [0.25, 0.3) is 54.6 Å². The standard InChI is InChI=1S/C36H34/c1-35(2,3)31-15-11-23(12-16-31)29-19-25-7-9-27-21-30(24-13-17-32(18-14-24)36(4,5)6)22-28-10-8-26(20-29)33(25)34(27)28/h7-22H,1-6H3. The Labute approximate surface area is 214 Å². The molecule has 0 saturated heterocycles. The van der Waals surface area contributed by atoms with E-state index in [0.29, 0.717) is 0 Å². The van der Waals surface area contributed by atoms with Crippen molar-refractivity contribution in [1.29, 1.82) is 0 Å². The largest absolute Gasteiger partial charge is 0.0579 e. The van der Waals surface area contributed by atoms with Crippen molar-refractivity contribution in [3.63, 3.8) is 0 Å². The molecule has 6 aromatic carbocycles. The Bertz CT molecular complexity index is 1500. The zero-order valence-corrected chi connectivity index (χ0v) is 22.2. The summed E-state index contributed by atoms with van der Waals surface area (Å²) in [6, 6.07) is 36.8. The molecule has 0 saturated carbocycles.